The fourth-order valence-corrected chi connectivity index (χ4v) is 5.47. The van der Waals surface area contributed by atoms with E-state index >= 15 is 0 Å². The quantitative estimate of drug-likeness (QED) is 0.337. The molecule has 172 valence electrons. The predicted molar refractivity (Wildman–Crippen MR) is 138 cm³/mol. The van der Waals surface area contributed by atoms with Crippen LogP contribution in [0.5, 0.6) is 0 Å². The first-order chi connectivity index (χ1) is 16.4. The molecule has 0 saturated heterocycles. The molecule has 1 atom stereocenters. The van der Waals surface area contributed by atoms with Crippen LogP contribution >= 0.6 is 34.5 Å². The van der Waals surface area contributed by atoms with E-state index in [1.165, 1.54) is 4.88 Å². The lowest BCUT2D eigenvalue weighted by molar-refractivity contribution is -0.116. The van der Waals surface area contributed by atoms with Crippen molar-refractivity contribution in [2.75, 3.05) is 5.32 Å². The third-order valence-electron chi connectivity index (χ3n) is 5.61. The van der Waals surface area contributed by atoms with Crippen molar-refractivity contribution in [2.24, 2.45) is 4.99 Å². The third-order valence-corrected chi connectivity index (χ3v) is 7.36. The number of halogens is 2. The van der Waals surface area contributed by atoms with Crippen molar-refractivity contribution in [3.8, 4) is 5.00 Å². The van der Waals surface area contributed by atoms with Gasteiger partial charge in [0.2, 0.25) is 5.91 Å². The number of aromatic nitrogens is 3. The summed E-state index contributed by atoms with van der Waals surface area (Å²) >= 11 is 13.9. The number of carbonyl (C=O) groups is 1. The molecule has 6 nitrogen and oxygen atoms in total. The Morgan fingerprint density at radius 2 is 1.88 bits per heavy atom. The summed E-state index contributed by atoms with van der Waals surface area (Å²) in [6.07, 6.45) is 1.02. The molecule has 5 rings (SSSR count). The average Bonchev–Trinajstić information content (AvgIpc) is 3.37. The zero-order valence-electron chi connectivity index (χ0n) is 18.5. The molecule has 1 aliphatic heterocycles. The van der Waals surface area contributed by atoms with Gasteiger partial charge < -0.3 is 5.32 Å². The molecule has 3 heterocycles. The Kier molecular flexibility index (Phi) is 6.25. The Bertz CT molecular complexity index is 1410. The first-order valence-corrected chi connectivity index (χ1v) is 12.4. The number of anilines is 1. The van der Waals surface area contributed by atoms with E-state index < -0.39 is 6.04 Å². The fraction of sp³-hybridized carbons (Fsp3) is 0.200. The highest BCUT2D eigenvalue weighted by Gasteiger charge is 2.31. The number of carbonyl (C=O) groups excluding carboxylic acids is 1. The number of thiophene rings is 1. The van der Waals surface area contributed by atoms with Crippen LogP contribution in [0.1, 0.15) is 47.0 Å². The highest BCUT2D eigenvalue weighted by atomic mass is 35.5. The summed E-state index contributed by atoms with van der Waals surface area (Å²) in [7, 11) is 0. The minimum Gasteiger partial charge on any atom is -0.326 e. The topological polar surface area (TPSA) is 72.2 Å². The molecule has 0 fully saturated rings. The van der Waals surface area contributed by atoms with Gasteiger partial charge >= 0.3 is 0 Å². The summed E-state index contributed by atoms with van der Waals surface area (Å²) < 4.78 is 2.03. The smallest absolute Gasteiger partial charge is 0.227 e. The highest BCUT2D eigenvalue weighted by Crippen LogP contribution is 2.37. The van der Waals surface area contributed by atoms with Gasteiger partial charge in [0.15, 0.2) is 5.82 Å². The van der Waals surface area contributed by atoms with Crippen LogP contribution in [0.15, 0.2) is 59.6 Å². The fourth-order valence-electron chi connectivity index (χ4n) is 4.00. The second kappa shape index (κ2) is 9.33. The van der Waals surface area contributed by atoms with E-state index in [1.807, 2.05) is 35.8 Å². The van der Waals surface area contributed by atoms with Gasteiger partial charge in [0.05, 0.1) is 12.1 Å². The van der Waals surface area contributed by atoms with E-state index in [0.29, 0.717) is 21.6 Å². The highest BCUT2D eigenvalue weighted by molar-refractivity contribution is 7.15. The maximum Gasteiger partial charge on any atom is 0.227 e. The van der Waals surface area contributed by atoms with Gasteiger partial charge in [-0.2, -0.15) is 0 Å². The zero-order chi connectivity index (χ0) is 23.8. The minimum absolute atomic E-state index is 0.108. The summed E-state index contributed by atoms with van der Waals surface area (Å²) in [5, 5.41) is 13.9. The molecule has 2 aromatic carbocycles. The largest absolute Gasteiger partial charge is 0.326 e. The number of hydrogen-bond donors (Lipinski definition) is 1. The van der Waals surface area contributed by atoms with E-state index in [0.717, 1.165) is 34.1 Å². The maximum absolute atomic E-state index is 13.0. The maximum atomic E-state index is 13.0. The summed E-state index contributed by atoms with van der Waals surface area (Å²) in [5.41, 5.74) is 3.39. The number of benzene rings is 2. The van der Waals surface area contributed by atoms with Crippen LogP contribution in [0, 0.1) is 6.92 Å². The molecular formula is C25H21Cl2N5OS. The van der Waals surface area contributed by atoms with Crippen LogP contribution in [0.25, 0.3) is 5.00 Å². The predicted octanol–water partition coefficient (Wildman–Crippen LogP) is 6.43. The van der Waals surface area contributed by atoms with Crippen LogP contribution < -0.4 is 5.32 Å². The minimum atomic E-state index is -0.518. The molecule has 0 aliphatic carbocycles. The molecule has 0 bridgehead atoms. The van der Waals surface area contributed by atoms with Crippen molar-refractivity contribution in [1.29, 1.82) is 0 Å². The SMILES string of the molecule is CCc1cc2c(s1)-n1c(C)nnc1C(CC(=O)Nc1cccc(Cl)c1)N=C2c1ccc(Cl)cc1. The van der Waals surface area contributed by atoms with Gasteiger partial charge in [-0.05, 0) is 49.7 Å². The van der Waals surface area contributed by atoms with Gasteiger partial charge in [-0.15, -0.1) is 21.5 Å². The normalized spacial score (nSPS) is 14.7. The van der Waals surface area contributed by atoms with Gasteiger partial charge in [0.1, 0.15) is 16.9 Å². The van der Waals surface area contributed by atoms with Gasteiger partial charge in [-0.1, -0.05) is 48.3 Å². The zero-order valence-corrected chi connectivity index (χ0v) is 20.9. The van der Waals surface area contributed by atoms with Crippen molar-refractivity contribution < 1.29 is 4.79 Å². The average molecular weight is 510 g/mol. The molecule has 1 aliphatic rings. The molecule has 0 radical (unpaired) electrons. The third kappa shape index (κ3) is 4.39. The number of rotatable bonds is 5. The number of hydrogen-bond acceptors (Lipinski definition) is 5. The molecule has 2 aromatic heterocycles. The monoisotopic (exact) mass is 509 g/mol. The number of aliphatic imine (C=N–C) groups is 1. The molecule has 0 saturated carbocycles. The van der Waals surface area contributed by atoms with Crippen LogP contribution in [-0.2, 0) is 11.2 Å². The first-order valence-electron chi connectivity index (χ1n) is 10.9. The van der Waals surface area contributed by atoms with E-state index in [2.05, 4.69) is 28.5 Å². The molecule has 1 N–H and O–H groups in total. The van der Waals surface area contributed by atoms with Gasteiger partial charge in [-0.3, -0.25) is 14.4 Å². The van der Waals surface area contributed by atoms with E-state index in [4.69, 9.17) is 28.2 Å². The van der Waals surface area contributed by atoms with E-state index in [9.17, 15) is 4.79 Å². The Hall–Kier alpha value is -3.00. The molecular weight excluding hydrogens is 489 g/mol. The number of amides is 1. The van der Waals surface area contributed by atoms with E-state index in [-0.39, 0.29) is 12.3 Å². The van der Waals surface area contributed by atoms with Crippen molar-refractivity contribution >= 4 is 51.8 Å². The van der Waals surface area contributed by atoms with Crippen LogP contribution in [0.3, 0.4) is 0 Å². The number of nitrogens with one attached hydrogen (secondary N) is 1. The number of aryl methyl sites for hydroxylation is 2. The summed E-state index contributed by atoms with van der Waals surface area (Å²) in [4.78, 5) is 19.4. The Morgan fingerprint density at radius 1 is 1.09 bits per heavy atom. The van der Waals surface area contributed by atoms with Crippen LogP contribution in [0.4, 0.5) is 5.69 Å². The lowest BCUT2D eigenvalue weighted by atomic mass is 10.0. The molecule has 1 amide bonds. The molecule has 9 heteroatoms. The Morgan fingerprint density at radius 3 is 2.62 bits per heavy atom. The van der Waals surface area contributed by atoms with Gasteiger partial charge in [0, 0.05) is 31.7 Å². The Balaban J connectivity index is 1.59. The van der Waals surface area contributed by atoms with Crippen molar-refractivity contribution in [2.45, 2.75) is 32.7 Å². The number of fused-ring (bicyclic) bond motifs is 3. The van der Waals surface area contributed by atoms with Crippen LogP contribution in [-0.4, -0.2) is 26.4 Å². The standard InChI is InChI=1S/C25H21Cl2N5OS/c1-3-19-12-20-23(15-7-9-16(26)10-8-15)29-21(24-31-30-14(2)32(24)25(20)34-19)13-22(33)28-18-6-4-5-17(27)11-18/h4-12,21H,3,13H2,1-2H3,(H,28,33). The van der Waals surface area contributed by atoms with E-state index in [1.54, 1.807) is 35.6 Å². The molecule has 1 unspecified atom stereocenters. The molecule has 34 heavy (non-hydrogen) atoms. The lowest BCUT2D eigenvalue weighted by Gasteiger charge is -2.13. The Labute approximate surface area is 211 Å². The van der Waals surface area contributed by atoms with Crippen molar-refractivity contribution in [3.63, 3.8) is 0 Å². The second-order valence-corrected chi connectivity index (χ2v) is 9.98. The van der Waals surface area contributed by atoms with Gasteiger partial charge in [0.25, 0.3) is 0 Å². The summed E-state index contributed by atoms with van der Waals surface area (Å²) in [5.74, 6) is 1.22. The van der Waals surface area contributed by atoms with Crippen LogP contribution in [0.2, 0.25) is 10.0 Å². The second-order valence-electron chi connectivity index (χ2n) is 7.99. The van der Waals surface area contributed by atoms with Gasteiger partial charge in [-0.25, -0.2) is 0 Å². The summed E-state index contributed by atoms with van der Waals surface area (Å²) in [6.45, 7) is 4.05. The molecule has 4 aromatic rings. The van der Waals surface area contributed by atoms with Crippen molar-refractivity contribution in [3.05, 3.63) is 92.3 Å². The first kappa shape index (κ1) is 22.8. The molecule has 0 spiro atoms. The summed E-state index contributed by atoms with van der Waals surface area (Å²) in [6, 6.07) is 16.3. The number of nitrogens with zero attached hydrogens (tertiary/aromatic N) is 4. The lowest BCUT2D eigenvalue weighted by Crippen LogP contribution is -2.17. The van der Waals surface area contributed by atoms with Crippen molar-refractivity contribution in [1.82, 2.24) is 14.8 Å².